The number of hydrogen-bond acceptors (Lipinski definition) is 4. The fourth-order valence-corrected chi connectivity index (χ4v) is 2.10. The van der Waals surface area contributed by atoms with Gasteiger partial charge in [0, 0.05) is 17.2 Å². The summed E-state index contributed by atoms with van der Waals surface area (Å²) in [6.07, 6.45) is 3.11. The smallest absolute Gasteiger partial charge is 0.227 e. The first-order chi connectivity index (χ1) is 10.2. The first-order valence-electron chi connectivity index (χ1n) is 7.38. The van der Waals surface area contributed by atoms with Crippen molar-refractivity contribution in [1.29, 1.82) is 0 Å². The summed E-state index contributed by atoms with van der Waals surface area (Å²) in [5.41, 5.74) is 1.77. The number of nitrogens with zero attached hydrogens (tertiary/aromatic N) is 4. The van der Waals surface area contributed by atoms with Crippen molar-refractivity contribution in [2.24, 2.45) is 5.92 Å². The van der Waals surface area contributed by atoms with E-state index in [4.69, 9.17) is 0 Å². The summed E-state index contributed by atoms with van der Waals surface area (Å²) in [7, 11) is 0. The van der Waals surface area contributed by atoms with Crippen molar-refractivity contribution in [1.82, 2.24) is 20.2 Å². The molecule has 0 saturated heterocycles. The zero-order valence-corrected chi connectivity index (χ0v) is 12.3. The van der Waals surface area contributed by atoms with Crippen LogP contribution in [0, 0.1) is 5.92 Å². The van der Waals surface area contributed by atoms with E-state index in [2.05, 4.69) is 20.8 Å². The number of aromatic nitrogens is 4. The molecule has 1 aromatic carbocycles. The minimum atomic E-state index is 0.0202. The lowest BCUT2D eigenvalue weighted by atomic mass is 10.1. The average molecular weight is 285 g/mol. The SMILES string of the molecule is CC[C@@H](C)C(=O)Nc1ccc(-c2nnnn2C2CC2)cc1. The fraction of sp³-hybridized carbons (Fsp3) is 0.467. The van der Waals surface area contributed by atoms with Gasteiger partial charge in [-0.3, -0.25) is 4.79 Å². The maximum Gasteiger partial charge on any atom is 0.227 e. The van der Waals surface area contributed by atoms with E-state index in [1.54, 1.807) is 0 Å². The monoisotopic (exact) mass is 285 g/mol. The molecule has 0 unspecified atom stereocenters. The average Bonchev–Trinajstić information content (AvgIpc) is 3.24. The Morgan fingerprint density at radius 3 is 2.71 bits per heavy atom. The van der Waals surface area contributed by atoms with Crippen molar-refractivity contribution in [3.8, 4) is 11.4 Å². The summed E-state index contributed by atoms with van der Waals surface area (Å²) in [4.78, 5) is 11.9. The van der Waals surface area contributed by atoms with E-state index >= 15 is 0 Å². The zero-order valence-electron chi connectivity index (χ0n) is 12.3. The Bertz CT molecular complexity index is 630. The molecule has 0 spiro atoms. The molecule has 0 radical (unpaired) electrons. The van der Waals surface area contributed by atoms with Crippen LogP contribution in [-0.2, 0) is 4.79 Å². The number of benzene rings is 1. The van der Waals surface area contributed by atoms with E-state index in [0.29, 0.717) is 6.04 Å². The van der Waals surface area contributed by atoms with Gasteiger partial charge in [0.2, 0.25) is 5.91 Å². The highest BCUT2D eigenvalue weighted by Crippen LogP contribution is 2.36. The van der Waals surface area contributed by atoms with E-state index in [1.165, 1.54) is 0 Å². The van der Waals surface area contributed by atoms with Crippen LogP contribution in [0.25, 0.3) is 11.4 Å². The highest BCUT2D eigenvalue weighted by Gasteiger charge is 2.28. The van der Waals surface area contributed by atoms with Gasteiger partial charge < -0.3 is 5.32 Å². The Morgan fingerprint density at radius 1 is 1.38 bits per heavy atom. The lowest BCUT2D eigenvalue weighted by molar-refractivity contribution is -0.119. The van der Waals surface area contributed by atoms with E-state index in [1.807, 2.05) is 42.8 Å². The molecule has 1 saturated carbocycles. The molecule has 1 aliphatic rings. The predicted octanol–water partition coefficient (Wildman–Crippen LogP) is 2.66. The zero-order chi connectivity index (χ0) is 14.8. The Balaban J connectivity index is 1.75. The molecule has 0 bridgehead atoms. The second kappa shape index (κ2) is 5.63. The van der Waals surface area contributed by atoms with Gasteiger partial charge in [-0.1, -0.05) is 13.8 Å². The van der Waals surface area contributed by atoms with Gasteiger partial charge in [0.25, 0.3) is 0 Å². The maximum absolute atomic E-state index is 11.9. The van der Waals surface area contributed by atoms with Gasteiger partial charge in [0.1, 0.15) is 0 Å². The van der Waals surface area contributed by atoms with Gasteiger partial charge in [0.15, 0.2) is 5.82 Å². The van der Waals surface area contributed by atoms with Gasteiger partial charge in [-0.25, -0.2) is 4.68 Å². The van der Waals surface area contributed by atoms with Crippen molar-refractivity contribution in [2.75, 3.05) is 5.32 Å². The Kier molecular flexibility index (Phi) is 3.68. The molecular formula is C15H19N5O. The largest absolute Gasteiger partial charge is 0.326 e. The maximum atomic E-state index is 11.9. The molecule has 1 atom stereocenters. The van der Waals surface area contributed by atoms with Crippen LogP contribution in [0.2, 0.25) is 0 Å². The number of carbonyl (C=O) groups excluding carboxylic acids is 1. The number of tetrazole rings is 1. The highest BCUT2D eigenvalue weighted by molar-refractivity contribution is 5.92. The van der Waals surface area contributed by atoms with E-state index in [-0.39, 0.29) is 11.8 Å². The second-order valence-corrected chi connectivity index (χ2v) is 5.55. The minimum absolute atomic E-state index is 0.0202. The fourth-order valence-electron chi connectivity index (χ4n) is 2.10. The van der Waals surface area contributed by atoms with Crippen LogP contribution in [0.4, 0.5) is 5.69 Å². The third kappa shape index (κ3) is 2.94. The van der Waals surface area contributed by atoms with Gasteiger partial charge in [-0.15, -0.1) is 5.10 Å². The molecule has 1 aliphatic carbocycles. The van der Waals surface area contributed by atoms with Crippen LogP contribution < -0.4 is 5.32 Å². The van der Waals surface area contributed by atoms with Crippen LogP contribution in [0.1, 0.15) is 39.2 Å². The van der Waals surface area contributed by atoms with Crippen LogP contribution in [0.5, 0.6) is 0 Å². The van der Waals surface area contributed by atoms with Gasteiger partial charge in [-0.2, -0.15) is 0 Å². The summed E-state index contributed by atoms with van der Waals surface area (Å²) < 4.78 is 1.88. The topological polar surface area (TPSA) is 72.7 Å². The molecule has 1 N–H and O–H groups in total. The van der Waals surface area contributed by atoms with Crippen LogP contribution in [0.3, 0.4) is 0 Å². The summed E-state index contributed by atoms with van der Waals surface area (Å²) in [6.45, 7) is 3.93. The first kappa shape index (κ1) is 13.7. The number of amides is 1. The number of nitrogens with one attached hydrogen (secondary N) is 1. The summed E-state index contributed by atoms with van der Waals surface area (Å²) >= 11 is 0. The van der Waals surface area contributed by atoms with Crippen molar-refractivity contribution < 1.29 is 4.79 Å². The number of hydrogen-bond donors (Lipinski definition) is 1. The van der Waals surface area contributed by atoms with Crippen molar-refractivity contribution in [2.45, 2.75) is 39.2 Å². The predicted molar refractivity (Wildman–Crippen MR) is 79.6 cm³/mol. The van der Waals surface area contributed by atoms with Gasteiger partial charge in [-0.05, 0) is 54.0 Å². The van der Waals surface area contributed by atoms with Crippen LogP contribution >= 0.6 is 0 Å². The molecular weight excluding hydrogens is 266 g/mol. The van der Waals surface area contributed by atoms with E-state index in [9.17, 15) is 4.79 Å². The molecule has 1 aromatic heterocycles. The van der Waals surface area contributed by atoms with Crippen LogP contribution in [0.15, 0.2) is 24.3 Å². The lowest BCUT2D eigenvalue weighted by Gasteiger charge is -2.10. The van der Waals surface area contributed by atoms with Crippen molar-refractivity contribution in [3.05, 3.63) is 24.3 Å². The standard InChI is InChI=1S/C15H19N5O/c1-3-10(2)15(21)16-12-6-4-11(5-7-12)14-17-18-19-20(14)13-8-9-13/h4-7,10,13H,3,8-9H2,1-2H3,(H,16,21)/t10-/m1/s1. The van der Waals surface area contributed by atoms with Gasteiger partial charge >= 0.3 is 0 Å². The molecule has 6 nitrogen and oxygen atoms in total. The van der Waals surface area contributed by atoms with Crippen molar-refractivity contribution >= 4 is 11.6 Å². The summed E-state index contributed by atoms with van der Waals surface area (Å²) in [5, 5.41) is 14.8. The molecule has 110 valence electrons. The van der Waals surface area contributed by atoms with Crippen molar-refractivity contribution in [3.63, 3.8) is 0 Å². The van der Waals surface area contributed by atoms with Gasteiger partial charge in [0.05, 0.1) is 6.04 Å². The third-order valence-electron chi connectivity index (χ3n) is 3.86. The van der Waals surface area contributed by atoms with E-state index < -0.39 is 0 Å². The molecule has 2 aromatic rings. The minimum Gasteiger partial charge on any atom is -0.326 e. The molecule has 0 aliphatic heterocycles. The molecule has 6 heteroatoms. The quantitative estimate of drug-likeness (QED) is 0.916. The first-order valence-corrected chi connectivity index (χ1v) is 7.38. The number of rotatable bonds is 5. The Labute approximate surface area is 123 Å². The molecule has 21 heavy (non-hydrogen) atoms. The number of carbonyl (C=O) groups is 1. The molecule has 1 amide bonds. The lowest BCUT2D eigenvalue weighted by Crippen LogP contribution is -2.19. The highest BCUT2D eigenvalue weighted by atomic mass is 16.1. The summed E-state index contributed by atoms with van der Waals surface area (Å²) in [6, 6.07) is 8.11. The Morgan fingerprint density at radius 2 is 2.10 bits per heavy atom. The van der Waals surface area contributed by atoms with Crippen LogP contribution in [-0.4, -0.2) is 26.1 Å². The molecule has 3 rings (SSSR count). The molecule has 1 fully saturated rings. The number of anilines is 1. The summed E-state index contributed by atoms with van der Waals surface area (Å²) in [5.74, 6) is 0.859. The second-order valence-electron chi connectivity index (χ2n) is 5.55. The normalized spacial score (nSPS) is 15.7. The third-order valence-corrected chi connectivity index (χ3v) is 3.86. The van der Waals surface area contributed by atoms with E-state index in [0.717, 1.165) is 36.3 Å². The Hall–Kier alpha value is -2.24. The molecule has 1 heterocycles.